The van der Waals surface area contributed by atoms with Crippen LogP contribution in [0.4, 0.5) is 4.79 Å². The Morgan fingerprint density at radius 3 is 2.47 bits per heavy atom. The number of amides is 3. The van der Waals surface area contributed by atoms with Gasteiger partial charge in [0.15, 0.2) is 0 Å². The summed E-state index contributed by atoms with van der Waals surface area (Å²) in [5.41, 5.74) is 0. The summed E-state index contributed by atoms with van der Waals surface area (Å²) in [6.07, 6.45) is 0.750. The molecule has 1 heterocycles. The second kappa shape index (κ2) is 4.42. The summed E-state index contributed by atoms with van der Waals surface area (Å²) in [6.45, 7) is 5.91. The minimum Gasteiger partial charge on any atom is -0.313 e. The van der Waals surface area contributed by atoms with Crippen LogP contribution in [0.3, 0.4) is 0 Å². The molecule has 1 fully saturated rings. The van der Waals surface area contributed by atoms with Crippen molar-refractivity contribution in [2.45, 2.75) is 26.8 Å². The van der Waals surface area contributed by atoms with Crippen molar-refractivity contribution in [3.63, 3.8) is 0 Å². The minimum atomic E-state index is -0.402. The molecule has 0 radical (unpaired) electrons. The van der Waals surface area contributed by atoms with Crippen molar-refractivity contribution in [1.82, 2.24) is 9.80 Å². The van der Waals surface area contributed by atoms with Gasteiger partial charge in [-0.05, 0) is 13.8 Å². The molecule has 0 saturated carbocycles. The van der Waals surface area contributed by atoms with Gasteiger partial charge in [-0.25, -0.2) is 4.79 Å². The number of carbonyl (C=O) groups excluding carboxylic acids is 3. The number of nitrogens with zero attached hydrogens (tertiary/aromatic N) is 2. The van der Waals surface area contributed by atoms with Crippen molar-refractivity contribution in [1.29, 1.82) is 0 Å². The van der Waals surface area contributed by atoms with E-state index in [2.05, 4.69) is 0 Å². The molecule has 1 rings (SSSR count). The molecular formula is C10H16N2O3. The van der Waals surface area contributed by atoms with E-state index in [1.165, 1.54) is 4.90 Å². The van der Waals surface area contributed by atoms with Gasteiger partial charge in [0.1, 0.15) is 12.3 Å². The van der Waals surface area contributed by atoms with Crippen LogP contribution in [-0.4, -0.2) is 47.2 Å². The van der Waals surface area contributed by atoms with Crippen LogP contribution in [0.1, 0.15) is 20.8 Å². The fraction of sp³-hybridized carbons (Fsp3) is 0.700. The van der Waals surface area contributed by atoms with Crippen molar-refractivity contribution >= 4 is 18.2 Å². The van der Waals surface area contributed by atoms with E-state index >= 15 is 0 Å². The normalized spacial score (nSPS) is 23.5. The Morgan fingerprint density at radius 2 is 2.07 bits per heavy atom. The van der Waals surface area contributed by atoms with Crippen molar-refractivity contribution in [3.05, 3.63) is 0 Å². The number of aldehydes is 1. The number of imide groups is 1. The van der Waals surface area contributed by atoms with Crippen LogP contribution in [0.25, 0.3) is 0 Å². The molecular weight excluding hydrogens is 196 g/mol. The zero-order valence-corrected chi connectivity index (χ0v) is 9.27. The third kappa shape index (κ3) is 2.00. The smallest absolute Gasteiger partial charge is 0.313 e. The van der Waals surface area contributed by atoms with Crippen LogP contribution in [0, 0.1) is 5.92 Å². The molecule has 0 spiro atoms. The Bertz CT molecular complexity index is 290. The van der Waals surface area contributed by atoms with Gasteiger partial charge in [-0.15, -0.1) is 0 Å². The van der Waals surface area contributed by atoms with Crippen LogP contribution in [-0.2, 0) is 9.59 Å². The molecule has 5 nitrogen and oxygen atoms in total. The van der Waals surface area contributed by atoms with Gasteiger partial charge in [-0.1, -0.05) is 6.92 Å². The summed E-state index contributed by atoms with van der Waals surface area (Å²) in [5.74, 6) is -0.516. The topological polar surface area (TPSA) is 57.7 Å². The summed E-state index contributed by atoms with van der Waals surface area (Å²) >= 11 is 0. The molecule has 1 aliphatic rings. The summed E-state index contributed by atoms with van der Waals surface area (Å²) in [7, 11) is 0. The zero-order chi connectivity index (χ0) is 11.6. The lowest BCUT2D eigenvalue weighted by Crippen LogP contribution is -2.36. The van der Waals surface area contributed by atoms with Crippen molar-refractivity contribution in [3.8, 4) is 0 Å². The first-order valence-corrected chi connectivity index (χ1v) is 5.10. The maximum atomic E-state index is 11.7. The number of rotatable bonds is 4. The van der Waals surface area contributed by atoms with Gasteiger partial charge in [0.25, 0.3) is 5.91 Å². The van der Waals surface area contributed by atoms with Crippen molar-refractivity contribution < 1.29 is 14.4 Å². The highest BCUT2D eigenvalue weighted by Crippen LogP contribution is 2.17. The second-order valence-electron chi connectivity index (χ2n) is 3.81. The molecule has 0 aromatic carbocycles. The average molecular weight is 212 g/mol. The molecule has 0 bridgehead atoms. The highest BCUT2D eigenvalue weighted by Gasteiger charge is 2.41. The van der Waals surface area contributed by atoms with Gasteiger partial charge in [-0.3, -0.25) is 9.69 Å². The number of urea groups is 1. The van der Waals surface area contributed by atoms with E-state index in [4.69, 9.17) is 0 Å². The highest BCUT2D eigenvalue weighted by atomic mass is 16.2. The van der Waals surface area contributed by atoms with Gasteiger partial charge in [0, 0.05) is 19.0 Å². The standard InChI is InChI=1S/C10H16N2O3/c1-4-11-8(3)9(14)12(10(11)15)5-7(2)6-13/h6-8H,4-5H2,1-3H3. The lowest BCUT2D eigenvalue weighted by atomic mass is 10.2. The van der Waals surface area contributed by atoms with Gasteiger partial charge in [0.2, 0.25) is 0 Å². The number of hydrogen-bond donors (Lipinski definition) is 0. The van der Waals surface area contributed by atoms with Crippen molar-refractivity contribution in [2.75, 3.05) is 13.1 Å². The van der Waals surface area contributed by atoms with E-state index in [-0.39, 0.29) is 24.4 Å². The quantitative estimate of drug-likeness (QED) is 0.503. The van der Waals surface area contributed by atoms with E-state index in [1.807, 2.05) is 6.92 Å². The van der Waals surface area contributed by atoms with E-state index in [1.54, 1.807) is 13.8 Å². The van der Waals surface area contributed by atoms with Crippen LogP contribution in [0.2, 0.25) is 0 Å². The third-order valence-electron chi connectivity index (χ3n) is 2.61. The number of carbonyl (C=O) groups is 3. The van der Waals surface area contributed by atoms with Gasteiger partial charge in [0.05, 0.1) is 0 Å². The summed E-state index contributed by atoms with van der Waals surface area (Å²) < 4.78 is 0. The van der Waals surface area contributed by atoms with E-state index in [0.717, 1.165) is 11.2 Å². The first-order valence-electron chi connectivity index (χ1n) is 5.10. The first-order chi connectivity index (χ1) is 7.02. The summed E-state index contributed by atoms with van der Waals surface area (Å²) in [6, 6.07) is -0.690. The lowest BCUT2D eigenvalue weighted by Gasteiger charge is -2.17. The van der Waals surface area contributed by atoms with Gasteiger partial charge < -0.3 is 9.69 Å². The zero-order valence-electron chi connectivity index (χ0n) is 9.27. The molecule has 0 aromatic rings. The van der Waals surface area contributed by atoms with Crippen LogP contribution >= 0.6 is 0 Å². The monoisotopic (exact) mass is 212 g/mol. The number of likely N-dealkylation sites (N-methyl/N-ethyl adjacent to an activating group) is 1. The largest absolute Gasteiger partial charge is 0.327 e. The molecule has 1 aliphatic heterocycles. The van der Waals surface area contributed by atoms with Gasteiger partial charge in [-0.2, -0.15) is 0 Å². The van der Waals surface area contributed by atoms with E-state index in [9.17, 15) is 14.4 Å². The second-order valence-corrected chi connectivity index (χ2v) is 3.81. The molecule has 1 saturated heterocycles. The lowest BCUT2D eigenvalue weighted by molar-refractivity contribution is -0.128. The van der Waals surface area contributed by atoms with Crippen LogP contribution in [0.5, 0.6) is 0 Å². The fourth-order valence-electron chi connectivity index (χ4n) is 1.68. The third-order valence-corrected chi connectivity index (χ3v) is 2.61. The fourth-order valence-corrected chi connectivity index (χ4v) is 1.68. The minimum absolute atomic E-state index is 0.183. The predicted octanol–water partition coefficient (Wildman–Crippen LogP) is 0.494. The Balaban J connectivity index is 2.78. The first kappa shape index (κ1) is 11.7. The molecule has 15 heavy (non-hydrogen) atoms. The number of hydrogen-bond acceptors (Lipinski definition) is 3. The molecule has 2 atom stereocenters. The maximum Gasteiger partial charge on any atom is 0.327 e. The van der Waals surface area contributed by atoms with Crippen LogP contribution < -0.4 is 0 Å². The highest BCUT2D eigenvalue weighted by molar-refractivity contribution is 6.04. The maximum absolute atomic E-state index is 11.7. The Hall–Kier alpha value is -1.39. The molecule has 3 amide bonds. The molecule has 0 aliphatic carbocycles. The summed E-state index contributed by atoms with van der Waals surface area (Å²) in [4.78, 5) is 36.5. The Labute approximate surface area is 89.0 Å². The van der Waals surface area contributed by atoms with Gasteiger partial charge >= 0.3 is 6.03 Å². The van der Waals surface area contributed by atoms with E-state index < -0.39 is 6.04 Å². The Morgan fingerprint density at radius 1 is 1.47 bits per heavy atom. The molecule has 0 aromatic heterocycles. The summed E-state index contributed by atoms with van der Waals surface area (Å²) in [5, 5.41) is 0. The predicted molar refractivity (Wildman–Crippen MR) is 54.2 cm³/mol. The average Bonchev–Trinajstić information content (AvgIpc) is 2.42. The molecule has 0 N–H and O–H groups in total. The van der Waals surface area contributed by atoms with E-state index in [0.29, 0.717) is 6.54 Å². The van der Waals surface area contributed by atoms with Crippen LogP contribution in [0.15, 0.2) is 0 Å². The molecule has 5 heteroatoms. The Kier molecular flexibility index (Phi) is 3.44. The van der Waals surface area contributed by atoms with Crippen molar-refractivity contribution in [2.24, 2.45) is 5.92 Å². The molecule has 84 valence electrons. The SMILES string of the molecule is CCN1C(=O)N(CC(C)C=O)C(=O)C1C. The molecule has 2 unspecified atom stereocenters.